The van der Waals surface area contributed by atoms with E-state index in [1.165, 1.54) is 5.56 Å². The zero-order valence-corrected chi connectivity index (χ0v) is 17.4. The minimum absolute atomic E-state index is 0.0378. The molecule has 2 N–H and O–H groups in total. The lowest BCUT2D eigenvalue weighted by Crippen LogP contribution is -2.45. The molecule has 29 heavy (non-hydrogen) atoms. The molecule has 1 aromatic heterocycles. The lowest BCUT2D eigenvalue weighted by atomic mass is 9.94. The molecule has 0 radical (unpaired) electrons. The first-order valence-electron chi connectivity index (χ1n) is 9.71. The highest BCUT2D eigenvalue weighted by Crippen LogP contribution is 2.34. The number of carbonyl (C=O) groups excluding carboxylic acids is 1. The highest BCUT2D eigenvalue weighted by atomic mass is 32.1. The van der Waals surface area contributed by atoms with Gasteiger partial charge >= 0.3 is 6.03 Å². The van der Waals surface area contributed by atoms with Gasteiger partial charge in [-0.2, -0.15) is 11.3 Å². The van der Waals surface area contributed by atoms with Crippen LogP contribution >= 0.6 is 11.3 Å². The van der Waals surface area contributed by atoms with E-state index in [2.05, 4.69) is 27.5 Å². The molecule has 7 nitrogen and oxygen atoms in total. The SMILES string of the molecule is COc1cc(NC(=O)N[C@H]2CO[C@H]3[C@H](CCc4ccsc4)CO[C@@H]32)cc(OC)c1. The Bertz CT molecular complexity index is 806. The second kappa shape index (κ2) is 9.02. The number of urea groups is 1. The van der Waals surface area contributed by atoms with Crippen LogP contribution in [0.1, 0.15) is 12.0 Å². The normalized spacial score (nSPS) is 25.4. The third-order valence-electron chi connectivity index (χ3n) is 5.47. The Morgan fingerprint density at radius 1 is 1.14 bits per heavy atom. The molecule has 4 atom stereocenters. The zero-order chi connectivity index (χ0) is 20.2. The van der Waals surface area contributed by atoms with E-state index < -0.39 is 0 Å². The number of carbonyl (C=O) groups is 1. The molecule has 2 aliphatic heterocycles. The number of thiophene rings is 1. The molecule has 4 rings (SSSR count). The average Bonchev–Trinajstić information content (AvgIpc) is 3.45. The van der Waals surface area contributed by atoms with Crippen LogP contribution in [0.4, 0.5) is 10.5 Å². The smallest absolute Gasteiger partial charge is 0.319 e. The van der Waals surface area contributed by atoms with Crippen LogP contribution in [0.2, 0.25) is 0 Å². The molecule has 0 unspecified atom stereocenters. The second-order valence-electron chi connectivity index (χ2n) is 7.33. The molecule has 3 heterocycles. The summed E-state index contributed by atoms with van der Waals surface area (Å²) in [6.07, 6.45) is 1.99. The van der Waals surface area contributed by atoms with Gasteiger partial charge in [-0.3, -0.25) is 0 Å². The summed E-state index contributed by atoms with van der Waals surface area (Å²) < 4.78 is 22.5. The van der Waals surface area contributed by atoms with E-state index in [4.69, 9.17) is 18.9 Å². The Morgan fingerprint density at radius 2 is 1.90 bits per heavy atom. The van der Waals surface area contributed by atoms with E-state index >= 15 is 0 Å². The number of hydrogen-bond acceptors (Lipinski definition) is 6. The van der Waals surface area contributed by atoms with Gasteiger partial charge in [-0.1, -0.05) is 0 Å². The van der Waals surface area contributed by atoms with Crippen LogP contribution in [0.5, 0.6) is 11.5 Å². The third kappa shape index (κ3) is 4.66. The van der Waals surface area contributed by atoms with Gasteiger partial charge in [0.1, 0.15) is 17.6 Å². The van der Waals surface area contributed by atoms with Crippen molar-refractivity contribution in [3.63, 3.8) is 0 Å². The van der Waals surface area contributed by atoms with Crippen LogP contribution in [0, 0.1) is 5.92 Å². The zero-order valence-electron chi connectivity index (χ0n) is 16.6. The number of rotatable bonds is 7. The first-order valence-corrected chi connectivity index (χ1v) is 10.7. The van der Waals surface area contributed by atoms with Gasteiger partial charge in [0, 0.05) is 29.8 Å². The van der Waals surface area contributed by atoms with Crippen molar-refractivity contribution in [2.45, 2.75) is 31.1 Å². The molecule has 2 aromatic rings. The van der Waals surface area contributed by atoms with Gasteiger partial charge in [0.15, 0.2) is 0 Å². The summed E-state index contributed by atoms with van der Waals surface area (Å²) in [6, 6.07) is 6.92. The fraction of sp³-hybridized carbons (Fsp3) is 0.476. The first-order chi connectivity index (χ1) is 14.2. The number of aryl methyl sites for hydroxylation is 1. The van der Waals surface area contributed by atoms with E-state index in [0.717, 1.165) is 12.8 Å². The Labute approximate surface area is 174 Å². The molecule has 8 heteroatoms. The molecule has 0 aliphatic carbocycles. The molecular weight excluding hydrogens is 392 g/mol. The molecule has 0 saturated carbocycles. The number of benzene rings is 1. The van der Waals surface area contributed by atoms with Gasteiger partial charge in [-0.25, -0.2) is 4.79 Å². The quantitative estimate of drug-likeness (QED) is 0.721. The maximum Gasteiger partial charge on any atom is 0.319 e. The van der Waals surface area contributed by atoms with Crippen molar-refractivity contribution in [2.75, 3.05) is 32.8 Å². The second-order valence-corrected chi connectivity index (χ2v) is 8.11. The van der Waals surface area contributed by atoms with Gasteiger partial charge in [0.05, 0.1) is 39.6 Å². The van der Waals surface area contributed by atoms with Crippen LogP contribution < -0.4 is 20.1 Å². The monoisotopic (exact) mass is 418 g/mol. The summed E-state index contributed by atoms with van der Waals surface area (Å²) in [5.41, 5.74) is 1.95. The number of amides is 2. The average molecular weight is 419 g/mol. The van der Waals surface area contributed by atoms with Gasteiger partial charge < -0.3 is 29.6 Å². The van der Waals surface area contributed by atoms with Crippen molar-refractivity contribution in [3.8, 4) is 11.5 Å². The van der Waals surface area contributed by atoms with E-state index in [1.807, 2.05) is 0 Å². The number of ether oxygens (including phenoxy) is 4. The Kier molecular flexibility index (Phi) is 6.22. The van der Waals surface area contributed by atoms with Crippen molar-refractivity contribution in [1.29, 1.82) is 0 Å². The highest BCUT2D eigenvalue weighted by Gasteiger charge is 2.47. The van der Waals surface area contributed by atoms with Crippen LogP contribution in [0.15, 0.2) is 35.0 Å². The topological polar surface area (TPSA) is 78.1 Å². The van der Waals surface area contributed by atoms with E-state index in [0.29, 0.717) is 36.3 Å². The van der Waals surface area contributed by atoms with Crippen molar-refractivity contribution in [3.05, 3.63) is 40.6 Å². The molecule has 2 saturated heterocycles. The Hall–Kier alpha value is -2.29. The Balaban J connectivity index is 1.31. The van der Waals surface area contributed by atoms with E-state index in [1.54, 1.807) is 43.8 Å². The molecule has 0 spiro atoms. The lowest BCUT2D eigenvalue weighted by molar-refractivity contribution is 0.0615. The van der Waals surface area contributed by atoms with Gasteiger partial charge in [0.2, 0.25) is 0 Å². The minimum atomic E-state index is -0.306. The fourth-order valence-corrected chi connectivity index (χ4v) is 4.65. The fourth-order valence-electron chi connectivity index (χ4n) is 3.95. The van der Waals surface area contributed by atoms with Gasteiger partial charge in [0.25, 0.3) is 0 Å². The number of nitrogens with one attached hydrogen (secondary N) is 2. The number of anilines is 1. The summed E-state index contributed by atoms with van der Waals surface area (Å²) in [4.78, 5) is 12.5. The molecule has 156 valence electrons. The maximum atomic E-state index is 12.5. The standard InChI is InChI=1S/C21H26N2O5S/c1-25-16-7-15(8-17(9-16)26-2)22-21(24)23-18-11-28-19-14(10-27-20(18)19)4-3-13-5-6-29-12-13/h5-9,12,14,18-20H,3-4,10-11H2,1-2H3,(H2,22,23,24)/t14-,18+,19+,20-/m1/s1. The molecule has 0 bridgehead atoms. The van der Waals surface area contributed by atoms with Crippen LogP contribution in [-0.4, -0.2) is 51.7 Å². The van der Waals surface area contributed by atoms with Crippen molar-refractivity contribution in [2.24, 2.45) is 5.92 Å². The van der Waals surface area contributed by atoms with Crippen molar-refractivity contribution >= 4 is 23.1 Å². The highest BCUT2D eigenvalue weighted by molar-refractivity contribution is 7.07. The predicted molar refractivity (Wildman–Crippen MR) is 111 cm³/mol. The Morgan fingerprint density at radius 3 is 2.59 bits per heavy atom. The van der Waals surface area contributed by atoms with Crippen LogP contribution in [-0.2, 0) is 15.9 Å². The van der Waals surface area contributed by atoms with Gasteiger partial charge in [-0.15, -0.1) is 0 Å². The largest absolute Gasteiger partial charge is 0.497 e. The third-order valence-corrected chi connectivity index (χ3v) is 6.20. The number of fused-ring (bicyclic) bond motifs is 1. The molecule has 2 aliphatic rings. The van der Waals surface area contributed by atoms with E-state index in [9.17, 15) is 4.79 Å². The number of methoxy groups -OCH3 is 2. The molecular formula is C21H26N2O5S. The predicted octanol–water partition coefficient (Wildman–Crippen LogP) is 3.30. The maximum absolute atomic E-state index is 12.5. The van der Waals surface area contributed by atoms with Crippen molar-refractivity contribution < 1.29 is 23.7 Å². The summed E-state index contributed by atoms with van der Waals surface area (Å²) in [6.45, 7) is 1.13. The number of hydrogen-bond donors (Lipinski definition) is 2. The molecule has 2 amide bonds. The summed E-state index contributed by atoms with van der Waals surface area (Å²) in [7, 11) is 3.14. The molecule has 1 aromatic carbocycles. The summed E-state index contributed by atoms with van der Waals surface area (Å²) in [5.74, 6) is 1.57. The van der Waals surface area contributed by atoms with Gasteiger partial charge in [-0.05, 0) is 35.2 Å². The van der Waals surface area contributed by atoms with Crippen LogP contribution in [0.25, 0.3) is 0 Å². The summed E-state index contributed by atoms with van der Waals surface area (Å²) >= 11 is 1.72. The van der Waals surface area contributed by atoms with E-state index in [-0.39, 0.29) is 24.3 Å². The minimum Gasteiger partial charge on any atom is -0.497 e. The summed E-state index contributed by atoms with van der Waals surface area (Å²) in [5, 5.41) is 10.1. The van der Waals surface area contributed by atoms with Crippen molar-refractivity contribution in [1.82, 2.24) is 5.32 Å². The lowest BCUT2D eigenvalue weighted by Gasteiger charge is -2.18. The van der Waals surface area contributed by atoms with Crippen LogP contribution in [0.3, 0.4) is 0 Å². The first kappa shape index (κ1) is 20.0. The molecule has 2 fully saturated rings.